The second kappa shape index (κ2) is 20.8. The van der Waals surface area contributed by atoms with E-state index in [1.165, 1.54) is 17.8 Å². The number of rotatable bonds is 17. The number of nitrogens with zero attached hydrogens (tertiary/aromatic N) is 1. The second-order valence-corrected chi connectivity index (χ2v) is 15.7. The lowest BCUT2D eigenvalue weighted by Gasteiger charge is -2.37. The van der Waals surface area contributed by atoms with Gasteiger partial charge in [-0.25, -0.2) is 8.42 Å². The van der Waals surface area contributed by atoms with E-state index in [0.29, 0.717) is 29.3 Å². The van der Waals surface area contributed by atoms with Gasteiger partial charge in [-0.15, -0.1) is 11.8 Å². The highest BCUT2D eigenvalue weighted by atomic mass is 32.2. The number of ether oxygens (including phenoxy) is 1. The van der Waals surface area contributed by atoms with E-state index in [-0.39, 0.29) is 16.4 Å². The molecule has 13 heteroatoms. The lowest BCUT2D eigenvalue weighted by atomic mass is 9.79. The van der Waals surface area contributed by atoms with Crippen molar-refractivity contribution in [2.75, 3.05) is 43.2 Å². The summed E-state index contributed by atoms with van der Waals surface area (Å²) in [5.74, 6) is -2.28. The van der Waals surface area contributed by atoms with Gasteiger partial charge in [0.15, 0.2) is 16.4 Å². The summed E-state index contributed by atoms with van der Waals surface area (Å²) in [5, 5.41) is 21.8. The Kier molecular flexibility index (Phi) is 17.0. The Morgan fingerprint density at radius 1 is 0.942 bits per heavy atom. The molecule has 0 unspecified atom stereocenters. The number of hydrogen-bond acceptors (Lipinski definition) is 9. The molecular formula is C39H53N3O8S2. The van der Waals surface area contributed by atoms with Gasteiger partial charge in [0.25, 0.3) is 5.91 Å². The van der Waals surface area contributed by atoms with Gasteiger partial charge in [0.05, 0.1) is 21.2 Å². The first-order valence-electron chi connectivity index (χ1n) is 17.8. The van der Waals surface area contributed by atoms with Crippen LogP contribution in [0.4, 0.5) is 11.4 Å². The average Bonchev–Trinajstić information content (AvgIpc) is 3.25. The second-order valence-electron chi connectivity index (χ2n) is 12.9. The van der Waals surface area contributed by atoms with E-state index >= 15 is 0 Å². The maximum absolute atomic E-state index is 14.3. The van der Waals surface area contributed by atoms with Gasteiger partial charge in [-0.2, -0.15) is 0 Å². The number of anilines is 2. The van der Waals surface area contributed by atoms with E-state index in [1.807, 2.05) is 49.6 Å². The molecule has 2 amide bonds. The van der Waals surface area contributed by atoms with Crippen LogP contribution in [0.2, 0.25) is 0 Å². The number of carbonyl (C=O) groups excluding carboxylic acids is 2. The molecule has 4 rings (SSSR count). The number of hydrogen-bond donors (Lipinski definition) is 4. The van der Waals surface area contributed by atoms with Crippen molar-refractivity contribution in [2.45, 2.75) is 81.5 Å². The SMILES string of the molecule is CCCCC1(CCCC)CN(c2ccccc2)c2cc(SC)c(OCC(=O)N[C@@H](C(=O)NCC(=O)O)c3ccccc3)cc2S(=O)(=O)C1.CCCO. The molecule has 0 bridgehead atoms. The molecule has 0 aliphatic carbocycles. The molecule has 0 radical (unpaired) electrons. The first kappa shape index (κ1) is 42.3. The van der Waals surface area contributed by atoms with Crippen LogP contribution in [-0.4, -0.2) is 74.7 Å². The van der Waals surface area contributed by atoms with Crippen molar-refractivity contribution in [2.24, 2.45) is 5.41 Å². The first-order chi connectivity index (χ1) is 24.9. The molecule has 0 saturated heterocycles. The lowest BCUT2D eigenvalue weighted by molar-refractivity contribution is -0.138. The fourth-order valence-corrected chi connectivity index (χ4v) is 8.80. The quantitative estimate of drug-likeness (QED) is 0.112. The van der Waals surface area contributed by atoms with Gasteiger partial charge in [0, 0.05) is 30.3 Å². The summed E-state index contributed by atoms with van der Waals surface area (Å²) >= 11 is 1.38. The summed E-state index contributed by atoms with van der Waals surface area (Å²) < 4.78 is 34.7. The molecule has 1 aliphatic rings. The third-order valence-electron chi connectivity index (χ3n) is 8.75. The highest BCUT2D eigenvalue weighted by Gasteiger charge is 2.42. The van der Waals surface area contributed by atoms with Crippen LogP contribution in [0.5, 0.6) is 5.75 Å². The van der Waals surface area contributed by atoms with E-state index in [2.05, 4.69) is 29.4 Å². The van der Waals surface area contributed by atoms with Crippen molar-refractivity contribution in [1.82, 2.24) is 10.6 Å². The van der Waals surface area contributed by atoms with Crippen LogP contribution in [-0.2, 0) is 24.2 Å². The predicted molar refractivity (Wildman–Crippen MR) is 206 cm³/mol. The fraction of sp³-hybridized carbons (Fsp3) is 0.462. The predicted octanol–water partition coefficient (Wildman–Crippen LogP) is 6.53. The number of unbranched alkanes of at least 4 members (excludes halogenated alkanes) is 2. The van der Waals surface area contributed by atoms with Crippen LogP contribution in [0.25, 0.3) is 0 Å². The Hall–Kier alpha value is -4.07. The number of carboxylic acid groups (broad SMARTS) is 1. The number of thioether (sulfide) groups is 1. The van der Waals surface area contributed by atoms with Gasteiger partial charge in [-0.3, -0.25) is 14.4 Å². The number of para-hydroxylation sites is 1. The molecule has 3 aromatic carbocycles. The minimum atomic E-state index is -3.79. The molecular weight excluding hydrogens is 703 g/mol. The number of nitrogens with one attached hydrogen (secondary N) is 2. The highest BCUT2D eigenvalue weighted by molar-refractivity contribution is 7.98. The minimum Gasteiger partial charge on any atom is -0.483 e. The molecule has 1 aliphatic heterocycles. The third-order valence-corrected chi connectivity index (χ3v) is 11.5. The Balaban J connectivity index is 0.00000173. The summed E-state index contributed by atoms with van der Waals surface area (Å²) in [6.07, 6.45) is 8.11. The monoisotopic (exact) mass is 755 g/mol. The van der Waals surface area contributed by atoms with Gasteiger partial charge in [-0.05, 0) is 49.3 Å². The van der Waals surface area contributed by atoms with Crippen LogP contribution in [0.15, 0.2) is 82.6 Å². The molecule has 0 fully saturated rings. The van der Waals surface area contributed by atoms with E-state index < -0.39 is 52.2 Å². The van der Waals surface area contributed by atoms with Crippen LogP contribution < -0.4 is 20.3 Å². The zero-order valence-electron chi connectivity index (χ0n) is 30.6. The molecule has 0 saturated carbocycles. The third kappa shape index (κ3) is 12.0. The summed E-state index contributed by atoms with van der Waals surface area (Å²) in [7, 11) is -3.79. The van der Waals surface area contributed by atoms with E-state index in [0.717, 1.165) is 50.6 Å². The summed E-state index contributed by atoms with van der Waals surface area (Å²) in [6.45, 7) is 5.95. The molecule has 0 spiro atoms. The largest absolute Gasteiger partial charge is 0.483 e. The summed E-state index contributed by atoms with van der Waals surface area (Å²) in [6, 6.07) is 20.5. The number of aliphatic hydroxyl groups excluding tert-OH is 1. The van der Waals surface area contributed by atoms with Gasteiger partial charge in [-0.1, -0.05) is 95.0 Å². The maximum Gasteiger partial charge on any atom is 0.322 e. The van der Waals surface area contributed by atoms with Crippen molar-refractivity contribution < 1.29 is 37.8 Å². The van der Waals surface area contributed by atoms with Crippen molar-refractivity contribution in [1.29, 1.82) is 0 Å². The number of aliphatic hydroxyl groups is 1. The fourth-order valence-electron chi connectivity index (χ4n) is 6.14. The van der Waals surface area contributed by atoms with Crippen molar-refractivity contribution >= 4 is 50.8 Å². The van der Waals surface area contributed by atoms with Crippen molar-refractivity contribution in [3.63, 3.8) is 0 Å². The Morgan fingerprint density at radius 3 is 2.08 bits per heavy atom. The first-order valence-corrected chi connectivity index (χ1v) is 20.7. The topological polar surface area (TPSA) is 162 Å². The number of carboxylic acids is 1. The number of aliphatic carboxylic acids is 1. The number of amides is 2. The van der Waals surface area contributed by atoms with Crippen molar-refractivity contribution in [3.05, 3.63) is 78.4 Å². The Morgan fingerprint density at radius 2 is 1.54 bits per heavy atom. The van der Waals surface area contributed by atoms with Crippen LogP contribution in [0, 0.1) is 5.41 Å². The van der Waals surface area contributed by atoms with Crippen molar-refractivity contribution in [3.8, 4) is 5.75 Å². The molecule has 0 aromatic heterocycles. The minimum absolute atomic E-state index is 0.0130. The average molecular weight is 756 g/mol. The van der Waals surface area contributed by atoms with Gasteiger partial charge in [0.2, 0.25) is 5.91 Å². The summed E-state index contributed by atoms with van der Waals surface area (Å²) in [4.78, 5) is 40.0. The number of carbonyl (C=O) groups is 3. The smallest absolute Gasteiger partial charge is 0.322 e. The van der Waals surface area contributed by atoms with E-state index in [9.17, 15) is 22.8 Å². The number of benzene rings is 3. The highest BCUT2D eigenvalue weighted by Crippen LogP contribution is 2.47. The van der Waals surface area contributed by atoms with Gasteiger partial charge >= 0.3 is 5.97 Å². The molecule has 4 N–H and O–H groups in total. The van der Waals surface area contributed by atoms with Crippen LogP contribution in [0.1, 0.15) is 77.3 Å². The standard InChI is InChI=1S/C36H45N3O7S2.C3H8O/c1-4-6-18-36(19-7-5-2)24-39(27-16-12-9-13-17-27)28-20-30(47-3)29(21-31(28)48(44,45)25-36)46-23-32(40)38-34(26-14-10-8-11-15-26)35(43)37-22-33(41)42;1-2-3-4/h8-17,20-21,34H,4-7,18-19,22-25H2,1-3H3,(H,37,43)(H,38,40)(H,41,42);4H,2-3H2,1H3/t34-;/m1./s1. The lowest BCUT2D eigenvalue weighted by Crippen LogP contribution is -2.43. The molecule has 52 heavy (non-hydrogen) atoms. The normalized spacial score (nSPS) is 14.8. The Labute approximate surface area is 312 Å². The molecule has 3 aromatic rings. The maximum atomic E-state index is 14.3. The Bertz CT molecular complexity index is 1700. The van der Waals surface area contributed by atoms with E-state index in [4.69, 9.17) is 14.9 Å². The molecule has 1 atom stereocenters. The number of sulfone groups is 1. The van der Waals surface area contributed by atoms with Crippen LogP contribution >= 0.6 is 11.8 Å². The van der Waals surface area contributed by atoms with Gasteiger partial charge < -0.3 is 30.5 Å². The van der Waals surface area contributed by atoms with E-state index in [1.54, 1.807) is 30.3 Å². The van der Waals surface area contributed by atoms with Gasteiger partial charge in [0.1, 0.15) is 18.3 Å². The summed E-state index contributed by atoms with van der Waals surface area (Å²) in [5.41, 5.74) is 1.50. The zero-order chi connectivity index (χ0) is 38.1. The molecule has 11 nitrogen and oxygen atoms in total. The molecule has 1 heterocycles. The van der Waals surface area contributed by atoms with Crippen LogP contribution in [0.3, 0.4) is 0 Å². The molecule has 284 valence electrons. The zero-order valence-corrected chi connectivity index (χ0v) is 32.2. The number of fused-ring (bicyclic) bond motifs is 1.